The Morgan fingerprint density at radius 1 is 0.973 bits per heavy atom. The van der Waals surface area contributed by atoms with E-state index in [0.29, 0.717) is 11.4 Å². The fraction of sp³-hybridized carbons (Fsp3) is 0.552. The highest BCUT2D eigenvalue weighted by atomic mass is 32.2. The predicted molar refractivity (Wildman–Crippen MR) is 147 cm³/mol. The average Bonchev–Trinajstić information content (AvgIpc) is 2.84. The first-order valence-electron chi connectivity index (χ1n) is 13.5. The number of nitrogens with one attached hydrogen (secondary N) is 1. The maximum atomic E-state index is 13.7. The minimum atomic E-state index is -3.66. The van der Waals surface area contributed by atoms with Crippen LogP contribution in [0.2, 0.25) is 0 Å². The van der Waals surface area contributed by atoms with Crippen LogP contribution in [0.3, 0.4) is 0 Å². The molecule has 2 saturated heterocycles. The maximum absolute atomic E-state index is 13.7. The summed E-state index contributed by atoms with van der Waals surface area (Å²) in [5, 5.41) is 2.93. The van der Waals surface area contributed by atoms with Gasteiger partial charge >= 0.3 is 0 Å². The van der Waals surface area contributed by atoms with Crippen LogP contribution in [0.25, 0.3) is 0 Å². The van der Waals surface area contributed by atoms with Gasteiger partial charge < -0.3 is 10.1 Å². The van der Waals surface area contributed by atoms with E-state index in [1.807, 2.05) is 51.1 Å². The molecule has 7 nitrogen and oxygen atoms in total. The van der Waals surface area contributed by atoms with Gasteiger partial charge in [0, 0.05) is 24.8 Å². The van der Waals surface area contributed by atoms with Crippen molar-refractivity contribution >= 4 is 21.6 Å². The number of sulfonamides is 1. The fourth-order valence-corrected chi connectivity index (χ4v) is 7.85. The number of carbonyl (C=O) groups excluding carboxylic acids is 1. The number of carbonyl (C=O) groups is 1. The number of benzene rings is 2. The molecular weight excluding hydrogens is 486 g/mol. The van der Waals surface area contributed by atoms with E-state index in [4.69, 9.17) is 4.74 Å². The lowest BCUT2D eigenvalue weighted by Crippen LogP contribution is -2.46. The first-order chi connectivity index (χ1) is 17.7. The van der Waals surface area contributed by atoms with Crippen molar-refractivity contribution in [3.63, 3.8) is 0 Å². The minimum Gasteiger partial charge on any atom is -0.370 e. The molecule has 37 heavy (non-hydrogen) atoms. The number of hydrogen-bond donors (Lipinski definition) is 1. The quantitative estimate of drug-likeness (QED) is 0.507. The molecule has 1 amide bonds. The number of ether oxygens (including phenoxy) is 1. The van der Waals surface area contributed by atoms with E-state index in [2.05, 4.69) is 16.3 Å². The summed E-state index contributed by atoms with van der Waals surface area (Å²) in [7, 11) is -3.66. The second kappa shape index (κ2) is 12.5. The van der Waals surface area contributed by atoms with Gasteiger partial charge in [0.25, 0.3) is 0 Å². The van der Waals surface area contributed by atoms with Gasteiger partial charge in [-0.15, -0.1) is 0 Å². The summed E-state index contributed by atoms with van der Waals surface area (Å²) in [4.78, 5) is 15.4. The highest BCUT2D eigenvalue weighted by molar-refractivity contribution is 7.89. The molecule has 2 aromatic rings. The molecule has 4 rings (SSSR count). The molecule has 0 spiro atoms. The third-order valence-corrected chi connectivity index (χ3v) is 9.61. The van der Waals surface area contributed by atoms with Crippen molar-refractivity contribution in [2.75, 3.05) is 38.2 Å². The normalized spacial score (nSPS) is 19.6. The van der Waals surface area contributed by atoms with Crippen molar-refractivity contribution in [3.05, 3.63) is 58.7 Å². The molecule has 2 aromatic carbocycles. The Balaban J connectivity index is 1.33. The summed E-state index contributed by atoms with van der Waals surface area (Å²) in [6, 6.07) is 11.5. The summed E-state index contributed by atoms with van der Waals surface area (Å²) >= 11 is 0. The zero-order valence-corrected chi connectivity index (χ0v) is 23.3. The molecular formula is C29H41N3O4S. The molecule has 0 bridgehead atoms. The van der Waals surface area contributed by atoms with Gasteiger partial charge in [-0.3, -0.25) is 9.69 Å². The Bertz CT molecular complexity index is 1170. The van der Waals surface area contributed by atoms with Crippen LogP contribution >= 0.6 is 0 Å². The first-order valence-corrected chi connectivity index (χ1v) is 15.0. The molecule has 0 aliphatic carbocycles. The number of piperidine rings is 2. The van der Waals surface area contributed by atoms with Crippen LogP contribution in [0, 0.1) is 20.8 Å². The second-order valence-corrected chi connectivity index (χ2v) is 12.4. The van der Waals surface area contributed by atoms with Crippen LogP contribution in [-0.4, -0.2) is 62.4 Å². The highest BCUT2D eigenvalue weighted by Crippen LogP contribution is 2.30. The topological polar surface area (TPSA) is 78.9 Å². The number of rotatable bonds is 9. The smallest absolute Gasteiger partial charge is 0.250 e. The van der Waals surface area contributed by atoms with Crippen LogP contribution in [0.15, 0.2) is 41.3 Å². The number of hydrogen-bond acceptors (Lipinski definition) is 5. The summed E-state index contributed by atoms with van der Waals surface area (Å²) < 4.78 is 34.7. The van der Waals surface area contributed by atoms with Crippen molar-refractivity contribution in [3.8, 4) is 0 Å². The number of anilines is 1. The van der Waals surface area contributed by atoms with Gasteiger partial charge in [-0.25, -0.2) is 8.42 Å². The van der Waals surface area contributed by atoms with E-state index < -0.39 is 10.0 Å². The fourth-order valence-electron chi connectivity index (χ4n) is 5.76. The molecule has 8 heteroatoms. The van der Waals surface area contributed by atoms with E-state index >= 15 is 0 Å². The molecule has 202 valence electrons. The molecule has 1 atom stereocenters. The first kappa shape index (κ1) is 27.8. The summed E-state index contributed by atoms with van der Waals surface area (Å²) in [6.45, 7) is 9.40. The Morgan fingerprint density at radius 3 is 2.41 bits per heavy atom. The van der Waals surface area contributed by atoms with Crippen LogP contribution in [0.4, 0.5) is 5.69 Å². The van der Waals surface area contributed by atoms with Gasteiger partial charge in [-0.1, -0.05) is 42.7 Å². The van der Waals surface area contributed by atoms with Crippen LogP contribution in [0.5, 0.6) is 0 Å². The lowest BCUT2D eigenvalue weighted by molar-refractivity contribution is -0.121. The number of nitrogens with zero attached hydrogens (tertiary/aromatic N) is 2. The molecule has 1 N–H and O–H groups in total. The lowest BCUT2D eigenvalue weighted by Gasteiger charge is -2.35. The van der Waals surface area contributed by atoms with Gasteiger partial charge in [0.15, 0.2) is 0 Å². The van der Waals surface area contributed by atoms with E-state index in [1.165, 1.54) is 24.8 Å². The van der Waals surface area contributed by atoms with Gasteiger partial charge in [0.1, 0.15) is 6.61 Å². The average molecular weight is 528 g/mol. The molecule has 0 aromatic heterocycles. The molecule has 1 unspecified atom stereocenters. The minimum absolute atomic E-state index is 0.108. The second-order valence-electron chi connectivity index (χ2n) is 10.6. The Morgan fingerprint density at radius 2 is 1.68 bits per heavy atom. The SMILES string of the molecule is Cc1cc(C)c(S(=O)(=O)N2CCCCC2COCC(=O)Nc2cccc(CN3CCCCC3)c2)c(C)c1. The molecule has 2 aliphatic heterocycles. The van der Waals surface area contributed by atoms with Crippen LogP contribution in [-0.2, 0) is 26.1 Å². The molecule has 2 heterocycles. The standard InChI is InChI=1S/C29H41N3O4S/c1-22-16-23(2)29(24(3)17-22)37(34,35)32-15-8-5-12-27(32)20-36-21-28(33)30-26-11-9-10-25(18-26)19-31-13-6-4-7-14-31/h9-11,16-18,27H,4-8,12-15,19-21H2,1-3H3,(H,30,33). The van der Waals surface area contributed by atoms with Gasteiger partial charge in [-0.2, -0.15) is 4.31 Å². The van der Waals surface area contributed by atoms with Gasteiger partial charge in [0.2, 0.25) is 15.9 Å². The lowest BCUT2D eigenvalue weighted by atomic mass is 10.1. The van der Waals surface area contributed by atoms with E-state index in [-0.39, 0.29) is 25.2 Å². The summed E-state index contributed by atoms with van der Waals surface area (Å²) in [6.07, 6.45) is 6.30. The Kier molecular flexibility index (Phi) is 9.40. The van der Waals surface area contributed by atoms with Gasteiger partial charge in [-0.05, 0) is 88.4 Å². The van der Waals surface area contributed by atoms with Crippen molar-refractivity contribution in [1.82, 2.24) is 9.21 Å². The summed E-state index contributed by atoms with van der Waals surface area (Å²) in [5.74, 6) is -0.231. The van der Waals surface area contributed by atoms with Gasteiger partial charge in [0.05, 0.1) is 11.5 Å². The predicted octanol–water partition coefficient (Wildman–Crippen LogP) is 4.80. The monoisotopic (exact) mass is 527 g/mol. The summed E-state index contributed by atoms with van der Waals surface area (Å²) in [5.41, 5.74) is 4.53. The third-order valence-electron chi connectivity index (χ3n) is 7.35. The maximum Gasteiger partial charge on any atom is 0.250 e. The molecule has 2 aliphatic rings. The van der Waals surface area contributed by atoms with Crippen LogP contribution < -0.4 is 5.32 Å². The van der Waals surface area contributed by atoms with E-state index in [1.54, 1.807) is 4.31 Å². The van der Waals surface area contributed by atoms with Crippen molar-refractivity contribution in [1.29, 1.82) is 0 Å². The third kappa shape index (κ3) is 7.19. The number of amides is 1. The van der Waals surface area contributed by atoms with E-state index in [0.717, 1.165) is 61.3 Å². The molecule has 0 radical (unpaired) electrons. The van der Waals surface area contributed by atoms with Crippen LogP contribution in [0.1, 0.15) is 60.8 Å². The number of likely N-dealkylation sites (tertiary alicyclic amines) is 1. The largest absolute Gasteiger partial charge is 0.370 e. The zero-order chi connectivity index (χ0) is 26.4. The van der Waals surface area contributed by atoms with Crippen molar-refractivity contribution in [2.24, 2.45) is 0 Å². The molecule has 2 fully saturated rings. The Labute approximate surface area is 222 Å². The van der Waals surface area contributed by atoms with Crippen molar-refractivity contribution in [2.45, 2.75) is 76.8 Å². The van der Waals surface area contributed by atoms with E-state index in [9.17, 15) is 13.2 Å². The Hall–Kier alpha value is -2.26. The zero-order valence-electron chi connectivity index (χ0n) is 22.5. The molecule has 0 saturated carbocycles. The van der Waals surface area contributed by atoms with Crippen molar-refractivity contribution < 1.29 is 17.9 Å². The highest BCUT2D eigenvalue weighted by Gasteiger charge is 2.35. The number of aryl methyl sites for hydroxylation is 3.